The van der Waals surface area contributed by atoms with Crippen LogP contribution in [0.3, 0.4) is 0 Å². The highest BCUT2D eigenvalue weighted by Gasteiger charge is 2.18. The molecule has 1 aliphatic rings. The predicted molar refractivity (Wildman–Crippen MR) is 109 cm³/mol. The van der Waals surface area contributed by atoms with Gasteiger partial charge >= 0.3 is 6.03 Å². The second kappa shape index (κ2) is 9.42. The van der Waals surface area contributed by atoms with Crippen molar-refractivity contribution < 1.29 is 14.3 Å². The molecule has 150 valence electrons. The van der Waals surface area contributed by atoms with Crippen molar-refractivity contribution in [3.63, 3.8) is 0 Å². The molecule has 0 atom stereocenters. The second-order valence-corrected chi connectivity index (χ2v) is 7.69. The van der Waals surface area contributed by atoms with Gasteiger partial charge in [-0.2, -0.15) is 0 Å². The maximum atomic E-state index is 12.2. The summed E-state index contributed by atoms with van der Waals surface area (Å²) < 4.78 is 5.31. The third kappa shape index (κ3) is 5.05. The molecule has 2 heterocycles. The molecular weight excluding hydrogens is 425 g/mol. The summed E-state index contributed by atoms with van der Waals surface area (Å²) in [5.41, 5.74) is 5.68. The average molecular weight is 444 g/mol. The zero-order valence-corrected chi connectivity index (χ0v) is 17.4. The van der Waals surface area contributed by atoms with E-state index in [1.807, 2.05) is 0 Å². The van der Waals surface area contributed by atoms with E-state index >= 15 is 0 Å². The number of hydrogen-bond donors (Lipinski definition) is 2. The third-order valence-corrected chi connectivity index (χ3v) is 5.83. The molecule has 0 saturated carbocycles. The number of ether oxygens (including phenoxy) is 1. The molecular formula is C17H19Cl2N5O3S. The first-order chi connectivity index (χ1) is 13.5. The Morgan fingerprint density at radius 3 is 2.79 bits per heavy atom. The number of nitrogens with zero attached hydrogens (tertiary/aromatic N) is 3. The number of thiazole rings is 1. The lowest BCUT2D eigenvalue weighted by Crippen LogP contribution is -2.47. The fourth-order valence-electron chi connectivity index (χ4n) is 2.54. The molecule has 1 aliphatic heterocycles. The maximum Gasteiger partial charge on any atom is 0.336 e. The number of anilines is 1. The molecule has 1 aromatic carbocycles. The molecule has 0 spiro atoms. The van der Waals surface area contributed by atoms with E-state index < -0.39 is 11.9 Å². The van der Waals surface area contributed by atoms with Crippen molar-refractivity contribution in [2.45, 2.75) is 6.54 Å². The Hall–Kier alpha value is -2.07. The largest absolute Gasteiger partial charge is 0.378 e. The van der Waals surface area contributed by atoms with Gasteiger partial charge in [-0.15, -0.1) is 11.3 Å². The van der Waals surface area contributed by atoms with E-state index in [9.17, 15) is 9.59 Å². The van der Waals surface area contributed by atoms with E-state index in [0.717, 1.165) is 18.2 Å². The highest BCUT2D eigenvalue weighted by Crippen LogP contribution is 2.26. The Kier molecular flexibility index (Phi) is 6.95. The molecule has 1 saturated heterocycles. The predicted octanol–water partition coefficient (Wildman–Crippen LogP) is 2.77. The van der Waals surface area contributed by atoms with Crippen molar-refractivity contribution >= 4 is 51.6 Å². The molecule has 0 aliphatic carbocycles. The molecule has 8 nitrogen and oxygen atoms in total. The van der Waals surface area contributed by atoms with Gasteiger partial charge in [0, 0.05) is 32.1 Å². The molecule has 11 heteroatoms. The lowest BCUT2D eigenvalue weighted by atomic mass is 10.2. The number of rotatable bonds is 4. The molecule has 2 N–H and O–H groups in total. The summed E-state index contributed by atoms with van der Waals surface area (Å²) in [6, 6.07) is 4.71. The summed E-state index contributed by atoms with van der Waals surface area (Å²) in [5, 5.41) is 3.22. The van der Waals surface area contributed by atoms with E-state index in [2.05, 4.69) is 20.7 Å². The first-order valence-electron chi connectivity index (χ1n) is 8.48. The molecule has 1 aromatic heterocycles. The van der Waals surface area contributed by atoms with Crippen molar-refractivity contribution in [3.8, 4) is 0 Å². The van der Waals surface area contributed by atoms with Gasteiger partial charge in [0.05, 0.1) is 23.3 Å². The fraction of sp³-hybridized carbons (Fsp3) is 0.353. The molecule has 0 bridgehead atoms. The van der Waals surface area contributed by atoms with Crippen LogP contribution in [0.25, 0.3) is 0 Å². The summed E-state index contributed by atoms with van der Waals surface area (Å²) in [4.78, 5) is 32.2. The Morgan fingerprint density at radius 1 is 1.29 bits per heavy atom. The summed E-state index contributed by atoms with van der Waals surface area (Å²) in [7, 11) is 1.58. The molecule has 3 amide bonds. The molecule has 2 aromatic rings. The van der Waals surface area contributed by atoms with Gasteiger partial charge in [-0.25, -0.2) is 15.2 Å². The number of amides is 3. The SMILES string of the molecule is CN(Cc1cccc(Cl)c1Cl)C(=O)NNC(=O)c1csc(N2CCOCC2)n1. The number of aromatic nitrogens is 1. The van der Waals surface area contributed by atoms with Crippen LogP contribution in [0.15, 0.2) is 23.6 Å². The van der Waals surface area contributed by atoms with Crippen molar-refractivity contribution in [2.24, 2.45) is 0 Å². The van der Waals surface area contributed by atoms with Gasteiger partial charge in [0.1, 0.15) is 5.69 Å². The van der Waals surface area contributed by atoms with Crippen LogP contribution in [0.4, 0.5) is 9.93 Å². The van der Waals surface area contributed by atoms with Crippen molar-refractivity contribution in [2.75, 3.05) is 38.3 Å². The number of urea groups is 1. The standard InChI is InChI=1S/C17H19Cl2N5O3S/c1-23(9-11-3-2-4-12(18)14(11)19)16(26)22-21-15(25)13-10-28-17(20-13)24-5-7-27-8-6-24/h2-4,10H,5-9H2,1H3,(H,21,25)(H,22,26). The van der Waals surface area contributed by atoms with Crippen LogP contribution in [0.1, 0.15) is 16.1 Å². The van der Waals surface area contributed by atoms with Crippen molar-refractivity contribution in [1.29, 1.82) is 0 Å². The molecule has 0 radical (unpaired) electrons. The minimum absolute atomic E-state index is 0.235. The van der Waals surface area contributed by atoms with Crippen LogP contribution < -0.4 is 15.8 Å². The van der Waals surface area contributed by atoms with Crippen LogP contribution in [0, 0.1) is 0 Å². The molecule has 0 unspecified atom stereocenters. The van der Waals surface area contributed by atoms with Gasteiger partial charge in [-0.3, -0.25) is 10.2 Å². The van der Waals surface area contributed by atoms with Gasteiger partial charge in [0.25, 0.3) is 5.91 Å². The molecule has 28 heavy (non-hydrogen) atoms. The molecule has 1 fully saturated rings. The molecule has 3 rings (SSSR count). The van der Waals surface area contributed by atoms with Gasteiger partial charge < -0.3 is 14.5 Å². The Morgan fingerprint density at radius 2 is 2.04 bits per heavy atom. The van der Waals surface area contributed by atoms with Crippen LogP contribution in [-0.4, -0.2) is 55.2 Å². The van der Waals surface area contributed by atoms with E-state index in [1.54, 1.807) is 30.6 Å². The van der Waals surface area contributed by atoms with Crippen molar-refractivity contribution in [1.82, 2.24) is 20.7 Å². The van der Waals surface area contributed by atoms with Gasteiger partial charge in [0.15, 0.2) is 5.13 Å². The fourth-order valence-corrected chi connectivity index (χ4v) is 3.78. The smallest absolute Gasteiger partial charge is 0.336 e. The lowest BCUT2D eigenvalue weighted by molar-refractivity contribution is 0.0927. The number of benzene rings is 1. The van der Waals surface area contributed by atoms with E-state index in [4.69, 9.17) is 27.9 Å². The van der Waals surface area contributed by atoms with Gasteiger partial charge in [0.2, 0.25) is 0 Å². The van der Waals surface area contributed by atoms with Crippen LogP contribution in [0.2, 0.25) is 10.0 Å². The van der Waals surface area contributed by atoms with Crippen molar-refractivity contribution in [3.05, 3.63) is 44.9 Å². The quantitative estimate of drug-likeness (QED) is 0.709. The van der Waals surface area contributed by atoms with Crippen LogP contribution in [0.5, 0.6) is 0 Å². The number of hydrazine groups is 1. The summed E-state index contributed by atoms with van der Waals surface area (Å²) >= 11 is 13.5. The van der Waals surface area contributed by atoms with Crippen LogP contribution in [-0.2, 0) is 11.3 Å². The minimum atomic E-state index is -0.493. The third-order valence-electron chi connectivity index (χ3n) is 4.08. The number of carbonyl (C=O) groups is 2. The topological polar surface area (TPSA) is 86.8 Å². The van der Waals surface area contributed by atoms with E-state index in [0.29, 0.717) is 28.8 Å². The maximum absolute atomic E-state index is 12.2. The minimum Gasteiger partial charge on any atom is -0.378 e. The zero-order chi connectivity index (χ0) is 20.1. The number of carbonyl (C=O) groups excluding carboxylic acids is 2. The Labute approximate surface area is 176 Å². The van der Waals surface area contributed by atoms with E-state index in [1.165, 1.54) is 16.2 Å². The lowest BCUT2D eigenvalue weighted by Gasteiger charge is -2.25. The normalized spacial score (nSPS) is 13.9. The number of nitrogens with one attached hydrogen (secondary N) is 2. The average Bonchev–Trinajstić information content (AvgIpc) is 3.20. The van der Waals surface area contributed by atoms with Gasteiger partial charge in [-0.05, 0) is 11.6 Å². The van der Waals surface area contributed by atoms with Crippen LogP contribution >= 0.6 is 34.5 Å². The Bertz CT molecular complexity index is 857. The number of hydrogen-bond acceptors (Lipinski definition) is 6. The first kappa shape index (κ1) is 20.7. The highest BCUT2D eigenvalue weighted by atomic mass is 35.5. The zero-order valence-electron chi connectivity index (χ0n) is 15.1. The highest BCUT2D eigenvalue weighted by molar-refractivity contribution is 7.13. The van der Waals surface area contributed by atoms with Gasteiger partial charge in [-0.1, -0.05) is 35.3 Å². The summed E-state index contributed by atoms with van der Waals surface area (Å²) in [6.45, 7) is 2.99. The Balaban J connectivity index is 1.51. The van der Waals surface area contributed by atoms with E-state index in [-0.39, 0.29) is 12.2 Å². The summed E-state index contributed by atoms with van der Waals surface area (Å²) in [5.74, 6) is -0.488. The summed E-state index contributed by atoms with van der Waals surface area (Å²) in [6.07, 6.45) is 0. The number of halogens is 2. The monoisotopic (exact) mass is 443 g/mol. The number of morpholine rings is 1. The first-order valence-corrected chi connectivity index (χ1v) is 10.1. The second-order valence-electron chi connectivity index (χ2n) is 6.07.